The average Bonchev–Trinajstić information content (AvgIpc) is 3.04. The number of aliphatic hydroxyl groups excluding tert-OH is 1. The number of terminal acetylenes is 1. The predicted octanol–water partition coefficient (Wildman–Crippen LogP) is 2.41. The molecule has 2 aliphatic rings. The van der Waals surface area contributed by atoms with E-state index in [1.165, 1.54) is 0 Å². The number of ether oxygens (including phenoxy) is 1. The van der Waals surface area contributed by atoms with Gasteiger partial charge in [0.1, 0.15) is 5.69 Å². The fourth-order valence-corrected chi connectivity index (χ4v) is 4.34. The van der Waals surface area contributed by atoms with Crippen molar-refractivity contribution in [2.45, 2.75) is 50.3 Å². The number of nitrogens with zero attached hydrogens (tertiary/aromatic N) is 4. The van der Waals surface area contributed by atoms with Gasteiger partial charge in [0.05, 0.1) is 6.61 Å². The predicted molar refractivity (Wildman–Crippen MR) is 109 cm³/mol. The zero-order valence-corrected chi connectivity index (χ0v) is 16.7. The van der Waals surface area contributed by atoms with E-state index in [-0.39, 0.29) is 19.3 Å². The molecule has 7 nitrogen and oxygen atoms in total. The standard InChI is InChI=1S/C22H28N4O3/c1-3-15-29-21(28)26-12-4-11-25(13-14-26)19-7-9-22(23-2,10-8-19)20-6-5-18(17-27)16-24-20/h1,5-6,16,19,27H,4,7-15,17H2. The molecule has 1 N–H and O–H groups in total. The summed E-state index contributed by atoms with van der Waals surface area (Å²) in [6.45, 7) is 10.8. The molecule has 3 rings (SSSR count). The second kappa shape index (κ2) is 9.73. The number of carbonyl (C=O) groups is 1. The van der Waals surface area contributed by atoms with Gasteiger partial charge in [-0.15, -0.1) is 6.42 Å². The molecule has 0 spiro atoms. The van der Waals surface area contributed by atoms with Crippen LogP contribution in [0.3, 0.4) is 0 Å². The van der Waals surface area contributed by atoms with Crippen LogP contribution in [-0.4, -0.2) is 64.8 Å². The molecule has 29 heavy (non-hydrogen) atoms. The number of aliphatic hydroxyl groups is 1. The van der Waals surface area contributed by atoms with Crippen molar-refractivity contribution in [2.75, 3.05) is 32.8 Å². The highest BCUT2D eigenvalue weighted by Crippen LogP contribution is 2.41. The number of hydrogen-bond acceptors (Lipinski definition) is 5. The number of hydrogen-bond donors (Lipinski definition) is 1. The van der Waals surface area contributed by atoms with Crippen LogP contribution in [0.1, 0.15) is 43.4 Å². The Hall–Kier alpha value is -2.61. The smallest absolute Gasteiger partial charge is 0.410 e. The Labute approximate surface area is 172 Å². The first-order chi connectivity index (χ1) is 14.1. The van der Waals surface area contributed by atoms with Crippen LogP contribution in [0, 0.1) is 18.9 Å². The van der Waals surface area contributed by atoms with E-state index < -0.39 is 5.54 Å². The van der Waals surface area contributed by atoms with Crippen LogP contribution in [0.15, 0.2) is 18.3 Å². The molecule has 1 aliphatic carbocycles. The maximum Gasteiger partial charge on any atom is 0.410 e. The monoisotopic (exact) mass is 396 g/mol. The zero-order chi connectivity index (χ0) is 20.7. The number of carbonyl (C=O) groups excluding carboxylic acids is 1. The van der Waals surface area contributed by atoms with E-state index in [1.807, 2.05) is 12.1 Å². The Morgan fingerprint density at radius 1 is 1.34 bits per heavy atom. The van der Waals surface area contributed by atoms with Gasteiger partial charge in [-0.2, -0.15) is 0 Å². The summed E-state index contributed by atoms with van der Waals surface area (Å²) in [7, 11) is 0. The van der Waals surface area contributed by atoms with Crippen molar-refractivity contribution >= 4 is 6.09 Å². The Kier molecular flexibility index (Phi) is 7.09. The van der Waals surface area contributed by atoms with Crippen LogP contribution >= 0.6 is 0 Å². The minimum atomic E-state index is -0.568. The third-order valence-electron chi connectivity index (χ3n) is 6.06. The molecular weight excluding hydrogens is 368 g/mol. The van der Waals surface area contributed by atoms with Gasteiger partial charge in [0.15, 0.2) is 6.61 Å². The van der Waals surface area contributed by atoms with Crippen molar-refractivity contribution in [1.82, 2.24) is 14.8 Å². The first-order valence-electron chi connectivity index (χ1n) is 10.2. The second-order valence-electron chi connectivity index (χ2n) is 7.72. The molecule has 0 unspecified atom stereocenters. The lowest BCUT2D eigenvalue weighted by molar-refractivity contribution is 0.110. The van der Waals surface area contributed by atoms with Crippen molar-refractivity contribution in [3.63, 3.8) is 0 Å². The van der Waals surface area contributed by atoms with Gasteiger partial charge in [-0.05, 0) is 30.9 Å². The highest BCUT2D eigenvalue weighted by atomic mass is 16.6. The largest absolute Gasteiger partial charge is 0.436 e. The van der Waals surface area contributed by atoms with E-state index in [9.17, 15) is 9.90 Å². The molecule has 2 fully saturated rings. The number of aromatic nitrogens is 1. The molecule has 0 bridgehead atoms. The third-order valence-corrected chi connectivity index (χ3v) is 6.06. The number of pyridine rings is 1. The molecule has 2 heterocycles. The lowest BCUT2D eigenvalue weighted by Crippen LogP contribution is -2.43. The maximum atomic E-state index is 12.1. The fourth-order valence-electron chi connectivity index (χ4n) is 4.34. The minimum Gasteiger partial charge on any atom is -0.436 e. The Balaban J connectivity index is 1.57. The number of amides is 1. The van der Waals surface area contributed by atoms with Crippen LogP contribution in [0.4, 0.5) is 4.79 Å². The molecule has 1 amide bonds. The van der Waals surface area contributed by atoms with Crippen molar-refractivity contribution in [3.8, 4) is 12.3 Å². The van der Waals surface area contributed by atoms with Gasteiger partial charge in [-0.25, -0.2) is 11.4 Å². The molecule has 0 radical (unpaired) electrons. The highest BCUT2D eigenvalue weighted by molar-refractivity contribution is 5.67. The molecule has 1 saturated carbocycles. The van der Waals surface area contributed by atoms with Gasteiger partial charge in [0, 0.05) is 51.3 Å². The summed E-state index contributed by atoms with van der Waals surface area (Å²) >= 11 is 0. The van der Waals surface area contributed by atoms with Crippen LogP contribution in [0.25, 0.3) is 4.85 Å². The van der Waals surface area contributed by atoms with Crippen molar-refractivity contribution in [2.24, 2.45) is 0 Å². The SMILES string of the molecule is [C-]#[N+]C1(c2ccc(CO)cn2)CCC(N2CCCN(C(=O)OCC#C)CC2)CC1. The van der Waals surface area contributed by atoms with E-state index in [4.69, 9.17) is 17.7 Å². The summed E-state index contributed by atoms with van der Waals surface area (Å²) in [4.78, 5) is 24.7. The van der Waals surface area contributed by atoms with Gasteiger partial charge >= 0.3 is 6.09 Å². The van der Waals surface area contributed by atoms with E-state index in [0.29, 0.717) is 19.1 Å². The van der Waals surface area contributed by atoms with Crippen molar-refractivity contribution in [1.29, 1.82) is 0 Å². The Morgan fingerprint density at radius 3 is 2.76 bits per heavy atom. The average molecular weight is 396 g/mol. The molecule has 0 atom stereocenters. The van der Waals surface area contributed by atoms with Crippen LogP contribution in [-0.2, 0) is 16.9 Å². The van der Waals surface area contributed by atoms with Gasteiger partial charge < -0.3 is 19.6 Å². The summed E-state index contributed by atoms with van der Waals surface area (Å²) in [5, 5.41) is 9.21. The van der Waals surface area contributed by atoms with Crippen LogP contribution in [0.2, 0.25) is 0 Å². The van der Waals surface area contributed by atoms with E-state index in [2.05, 4.69) is 20.6 Å². The summed E-state index contributed by atoms with van der Waals surface area (Å²) in [6.07, 6.45) is 10.8. The minimum absolute atomic E-state index is 0.00764. The molecule has 1 aliphatic heterocycles. The highest BCUT2D eigenvalue weighted by Gasteiger charge is 2.45. The van der Waals surface area contributed by atoms with Gasteiger partial charge in [0.2, 0.25) is 0 Å². The molecule has 1 aromatic heterocycles. The van der Waals surface area contributed by atoms with E-state index >= 15 is 0 Å². The second-order valence-corrected chi connectivity index (χ2v) is 7.72. The van der Waals surface area contributed by atoms with Gasteiger partial charge in [-0.1, -0.05) is 12.0 Å². The van der Waals surface area contributed by atoms with Crippen molar-refractivity contribution in [3.05, 3.63) is 41.0 Å². The first kappa shape index (κ1) is 21.1. The van der Waals surface area contributed by atoms with Gasteiger partial charge in [-0.3, -0.25) is 9.88 Å². The zero-order valence-electron chi connectivity index (χ0n) is 16.7. The maximum absolute atomic E-state index is 12.1. The summed E-state index contributed by atoms with van der Waals surface area (Å²) < 4.78 is 5.05. The lowest BCUT2D eigenvalue weighted by Gasteiger charge is -2.37. The van der Waals surface area contributed by atoms with Crippen molar-refractivity contribution < 1.29 is 14.6 Å². The molecule has 7 heteroatoms. The lowest BCUT2D eigenvalue weighted by atomic mass is 9.77. The molecule has 0 aromatic carbocycles. The first-order valence-corrected chi connectivity index (χ1v) is 10.2. The van der Waals surface area contributed by atoms with E-state index in [0.717, 1.165) is 56.5 Å². The quantitative estimate of drug-likeness (QED) is 0.625. The molecule has 154 valence electrons. The molecular formula is C22H28N4O3. The van der Waals surface area contributed by atoms with Gasteiger partial charge in [0.25, 0.3) is 5.54 Å². The Morgan fingerprint density at radius 2 is 2.14 bits per heavy atom. The molecule has 1 saturated heterocycles. The molecule has 1 aromatic rings. The number of rotatable bonds is 4. The normalized spacial score (nSPS) is 25.5. The topological polar surface area (TPSA) is 70.3 Å². The summed E-state index contributed by atoms with van der Waals surface area (Å²) in [6, 6.07) is 4.16. The Bertz CT molecular complexity index is 773. The fraction of sp³-hybridized carbons (Fsp3) is 0.591. The summed E-state index contributed by atoms with van der Waals surface area (Å²) in [5.41, 5.74) is 1.00. The van der Waals surface area contributed by atoms with Crippen LogP contribution < -0.4 is 0 Å². The summed E-state index contributed by atoms with van der Waals surface area (Å²) in [5.74, 6) is 2.32. The third kappa shape index (κ3) is 4.87. The van der Waals surface area contributed by atoms with Crippen LogP contribution in [0.5, 0.6) is 0 Å². The van der Waals surface area contributed by atoms with E-state index in [1.54, 1.807) is 11.1 Å².